The minimum Gasteiger partial charge on any atom is -0.497 e. The van der Waals surface area contributed by atoms with Crippen molar-refractivity contribution in [1.29, 1.82) is 0 Å². The van der Waals surface area contributed by atoms with Crippen LogP contribution in [0.5, 0.6) is 5.75 Å². The zero-order chi connectivity index (χ0) is 10.1. The van der Waals surface area contributed by atoms with Crippen molar-refractivity contribution < 1.29 is 9.53 Å². The van der Waals surface area contributed by atoms with Gasteiger partial charge >= 0.3 is 0 Å². The number of Topliss-reactive ketones (excluding diaryl/α,β-unsaturated/α-hetero) is 1. The molecule has 0 radical (unpaired) electrons. The number of carbonyl (C=O) groups is 1. The number of rotatable bonds is 1. The molecule has 74 valence electrons. The highest BCUT2D eigenvalue weighted by molar-refractivity contribution is 5.99. The van der Waals surface area contributed by atoms with E-state index >= 15 is 0 Å². The normalized spacial score (nSPS) is 15.1. The molecule has 2 heteroatoms. The largest absolute Gasteiger partial charge is 0.497 e. The van der Waals surface area contributed by atoms with Gasteiger partial charge in [-0.05, 0) is 43.0 Å². The molecule has 1 aromatic rings. The van der Waals surface area contributed by atoms with Gasteiger partial charge in [0.1, 0.15) is 5.75 Å². The van der Waals surface area contributed by atoms with E-state index in [1.54, 1.807) is 7.11 Å². The summed E-state index contributed by atoms with van der Waals surface area (Å²) in [7, 11) is 1.63. The van der Waals surface area contributed by atoms with Crippen molar-refractivity contribution in [3.8, 4) is 5.75 Å². The quantitative estimate of drug-likeness (QED) is 0.680. The summed E-state index contributed by atoms with van der Waals surface area (Å²) in [4.78, 5) is 11.7. The van der Waals surface area contributed by atoms with Gasteiger partial charge in [0.25, 0.3) is 0 Å². The Bertz CT molecular complexity index is 380. The molecular weight excluding hydrogens is 176 g/mol. The lowest BCUT2D eigenvalue weighted by molar-refractivity contribution is 0.0972. The van der Waals surface area contributed by atoms with Gasteiger partial charge in [-0.2, -0.15) is 0 Å². The Labute approximate surface area is 83.9 Å². The van der Waals surface area contributed by atoms with E-state index in [0.717, 1.165) is 24.2 Å². The zero-order valence-corrected chi connectivity index (χ0v) is 8.59. The van der Waals surface area contributed by atoms with Crippen LogP contribution in [0.4, 0.5) is 0 Å². The zero-order valence-electron chi connectivity index (χ0n) is 8.59. The Balaban J connectivity index is 2.57. The highest BCUT2D eigenvalue weighted by Gasteiger charge is 2.19. The summed E-state index contributed by atoms with van der Waals surface area (Å²) in [5.74, 6) is 1.05. The summed E-state index contributed by atoms with van der Waals surface area (Å²) in [6, 6.07) is 3.86. The third-order valence-corrected chi connectivity index (χ3v) is 2.81. The van der Waals surface area contributed by atoms with Crippen molar-refractivity contribution >= 4 is 5.78 Å². The average molecular weight is 190 g/mol. The first kappa shape index (κ1) is 9.25. The van der Waals surface area contributed by atoms with E-state index in [1.165, 1.54) is 11.1 Å². The molecule has 1 aromatic carbocycles. The monoisotopic (exact) mass is 190 g/mol. The summed E-state index contributed by atoms with van der Waals surface area (Å²) < 4.78 is 5.16. The Morgan fingerprint density at radius 2 is 2.07 bits per heavy atom. The van der Waals surface area contributed by atoms with E-state index < -0.39 is 0 Å². The molecule has 0 fully saturated rings. The molecule has 14 heavy (non-hydrogen) atoms. The fourth-order valence-electron chi connectivity index (χ4n) is 2.04. The lowest BCUT2D eigenvalue weighted by atomic mass is 9.87. The number of ketones is 1. The van der Waals surface area contributed by atoms with E-state index in [4.69, 9.17) is 4.74 Å². The first-order chi connectivity index (χ1) is 6.72. The Morgan fingerprint density at radius 3 is 2.79 bits per heavy atom. The Hall–Kier alpha value is -1.31. The van der Waals surface area contributed by atoms with E-state index in [9.17, 15) is 4.79 Å². The number of hydrogen-bond donors (Lipinski definition) is 0. The minimum atomic E-state index is 0.258. The smallest absolute Gasteiger partial charge is 0.163 e. The van der Waals surface area contributed by atoms with Gasteiger partial charge < -0.3 is 4.74 Å². The van der Waals surface area contributed by atoms with Gasteiger partial charge in [0.15, 0.2) is 5.78 Å². The number of methoxy groups -OCH3 is 1. The number of hydrogen-bond acceptors (Lipinski definition) is 2. The first-order valence-electron chi connectivity index (χ1n) is 4.93. The van der Waals surface area contributed by atoms with Crippen molar-refractivity contribution in [3.63, 3.8) is 0 Å². The molecule has 0 unspecified atom stereocenters. The maximum absolute atomic E-state index is 11.7. The summed E-state index contributed by atoms with van der Waals surface area (Å²) in [6.45, 7) is 2.04. The van der Waals surface area contributed by atoms with Crippen LogP contribution in [0.2, 0.25) is 0 Å². The Kier molecular flexibility index (Phi) is 2.28. The Morgan fingerprint density at radius 1 is 1.29 bits per heavy atom. The average Bonchev–Trinajstić information content (AvgIpc) is 2.19. The topological polar surface area (TPSA) is 26.3 Å². The number of aryl methyl sites for hydroxylation is 1. The SMILES string of the molecule is COc1cc(C)c2c(c1)C(=O)CCC2. The highest BCUT2D eigenvalue weighted by Crippen LogP contribution is 2.28. The van der Waals surface area contributed by atoms with E-state index in [2.05, 4.69) is 0 Å². The predicted molar refractivity (Wildman–Crippen MR) is 55.0 cm³/mol. The van der Waals surface area contributed by atoms with Crippen LogP contribution in [0.15, 0.2) is 12.1 Å². The molecule has 0 aromatic heterocycles. The molecule has 0 atom stereocenters. The van der Waals surface area contributed by atoms with Gasteiger partial charge in [0, 0.05) is 12.0 Å². The third kappa shape index (κ3) is 1.41. The molecule has 0 saturated heterocycles. The molecule has 0 bridgehead atoms. The standard InChI is InChI=1S/C12H14O2/c1-8-6-9(14-2)7-11-10(8)4-3-5-12(11)13/h6-7H,3-5H2,1-2H3. The van der Waals surface area contributed by atoms with Gasteiger partial charge in [-0.25, -0.2) is 0 Å². The maximum Gasteiger partial charge on any atom is 0.163 e. The van der Waals surface area contributed by atoms with Crippen molar-refractivity contribution in [2.24, 2.45) is 0 Å². The summed E-state index contributed by atoms with van der Waals surface area (Å²) >= 11 is 0. The van der Waals surface area contributed by atoms with Crippen LogP contribution in [0.1, 0.15) is 34.3 Å². The summed E-state index contributed by atoms with van der Waals surface area (Å²) in [5.41, 5.74) is 3.25. The number of ether oxygens (including phenoxy) is 1. The minimum absolute atomic E-state index is 0.258. The molecule has 0 N–H and O–H groups in total. The molecule has 0 heterocycles. The predicted octanol–water partition coefficient (Wildman–Crippen LogP) is 2.52. The summed E-state index contributed by atoms with van der Waals surface area (Å²) in [6.07, 6.45) is 2.69. The number of benzene rings is 1. The number of carbonyl (C=O) groups excluding carboxylic acids is 1. The molecule has 0 aliphatic heterocycles. The second-order valence-electron chi connectivity index (χ2n) is 3.75. The van der Waals surface area contributed by atoms with Crippen LogP contribution in [0.3, 0.4) is 0 Å². The molecular formula is C12H14O2. The second-order valence-corrected chi connectivity index (χ2v) is 3.75. The van der Waals surface area contributed by atoms with E-state index in [0.29, 0.717) is 6.42 Å². The second kappa shape index (κ2) is 3.45. The molecule has 0 saturated carbocycles. The maximum atomic E-state index is 11.7. The lowest BCUT2D eigenvalue weighted by Crippen LogP contribution is -2.12. The van der Waals surface area contributed by atoms with Gasteiger partial charge in [0.05, 0.1) is 7.11 Å². The van der Waals surface area contributed by atoms with E-state index in [-0.39, 0.29) is 5.78 Å². The molecule has 0 spiro atoms. The molecule has 0 amide bonds. The molecule has 2 nitrogen and oxygen atoms in total. The summed E-state index contributed by atoms with van der Waals surface area (Å²) in [5, 5.41) is 0. The van der Waals surface area contributed by atoms with E-state index in [1.807, 2.05) is 19.1 Å². The third-order valence-electron chi connectivity index (χ3n) is 2.81. The lowest BCUT2D eigenvalue weighted by Gasteiger charge is -2.17. The number of fused-ring (bicyclic) bond motifs is 1. The van der Waals surface area contributed by atoms with Crippen molar-refractivity contribution in [2.45, 2.75) is 26.2 Å². The van der Waals surface area contributed by atoms with Crippen LogP contribution < -0.4 is 4.74 Å². The van der Waals surface area contributed by atoms with Crippen LogP contribution in [-0.4, -0.2) is 12.9 Å². The fourth-order valence-corrected chi connectivity index (χ4v) is 2.04. The first-order valence-corrected chi connectivity index (χ1v) is 4.93. The van der Waals surface area contributed by atoms with Crippen LogP contribution in [-0.2, 0) is 6.42 Å². The fraction of sp³-hybridized carbons (Fsp3) is 0.417. The molecule has 2 rings (SSSR count). The van der Waals surface area contributed by atoms with Crippen LogP contribution >= 0.6 is 0 Å². The van der Waals surface area contributed by atoms with Crippen molar-refractivity contribution in [1.82, 2.24) is 0 Å². The van der Waals surface area contributed by atoms with Crippen LogP contribution in [0.25, 0.3) is 0 Å². The van der Waals surface area contributed by atoms with Crippen LogP contribution in [0, 0.1) is 6.92 Å². The van der Waals surface area contributed by atoms with Gasteiger partial charge in [-0.3, -0.25) is 4.79 Å². The molecule has 1 aliphatic rings. The highest BCUT2D eigenvalue weighted by atomic mass is 16.5. The van der Waals surface area contributed by atoms with Crippen molar-refractivity contribution in [2.75, 3.05) is 7.11 Å². The van der Waals surface area contributed by atoms with Gasteiger partial charge in [-0.1, -0.05) is 0 Å². The molecule has 1 aliphatic carbocycles. The van der Waals surface area contributed by atoms with Gasteiger partial charge in [0.2, 0.25) is 0 Å². The van der Waals surface area contributed by atoms with Gasteiger partial charge in [-0.15, -0.1) is 0 Å². The van der Waals surface area contributed by atoms with Crippen molar-refractivity contribution in [3.05, 3.63) is 28.8 Å².